The van der Waals surface area contributed by atoms with E-state index >= 15 is 0 Å². The number of aromatic nitrogens is 1. The molecule has 0 spiro atoms. The first kappa shape index (κ1) is 16.4. The number of thiazole rings is 1. The Morgan fingerprint density at radius 2 is 1.96 bits per heavy atom. The molecule has 1 saturated carbocycles. The zero-order valence-electron chi connectivity index (χ0n) is 12.5. The fourth-order valence-electron chi connectivity index (χ4n) is 2.85. The summed E-state index contributed by atoms with van der Waals surface area (Å²) in [5.41, 5.74) is 0.985. The van der Waals surface area contributed by atoms with E-state index in [9.17, 15) is 10.1 Å². The maximum Gasteiger partial charge on any atom is 0.246 e. The number of nitrogens with zero attached hydrogens (tertiary/aromatic N) is 2. The topological polar surface area (TPSA) is 65.8 Å². The van der Waals surface area contributed by atoms with E-state index in [2.05, 4.69) is 39.0 Å². The lowest BCUT2D eigenvalue weighted by atomic mass is 9.74. The summed E-state index contributed by atoms with van der Waals surface area (Å²) in [4.78, 5) is 17.0. The Bertz CT molecular complexity index is 742. The smallest absolute Gasteiger partial charge is 0.246 e. The number of hydrogen-bond donors (Lipinski definition) is 1. The molecule has 0 atom stereocenters. The van der Waals surface area contributed by atoms with Crippen molar-refractivity contribution in [3.63, 3.8) is 0 Å². The molecular weight excluding hydrogens is 421 g/mol. The van der Waals surface area contributed by atoms with Crippen molar-refractivity contribution >= 4 is 45.0 Å². The van der Waals surface area contributed by atoms with Crippen LogP contribution in [0.5, 0.6) is 0 Å². The maximum absolute atomic E-state index is 12.5. The number of halogens is 1. The standard InChI is InChI=1S/C17H16IN3OS/c18-13-6-4-12(5-7-13)14-10-23-16(20-14)21-15(22)17(11-19)8-2-1-3-9-17/h4-7,10H,1-3,8-9H2,(H,20,21,22). The molecule has 0 aliphatic heterocycles. The second-order valence-electron chi connectivity index (χ2n) is 5.75. The minimum atomic E-state index is -0.882. The highest BCUT2D eigenvalue weighted by molar-refractivity contribution is 14.1. The molecule has 1 aromatic carbocycles. The normalized spacial score (nSPS) is 16.5. The minimum Gasteiger partial charge on any atom is -0.301 e. The van der Waals surface area contributed by atoms with Crippen molar-refractivity contribution < 1.29 is 4.79 Å². The van der Waals surface area contributed by atoms with Gasteiger partial charge < -0.3 is 5.32 Å². The lowest BCUT2D eigenvalue weighted by Crippen LogP contribution is -2.36. The summed E-state index contributed by atoms with van der Waals surface area (Å²) in [6, 6.07) is 10.3. The molecule has 1 amide bonds. The first-order chi connectivity index (χ1) is 11.1. The van der Waals surface area contributed by atoms with Crippen LogP contribution in [0.1, 0.15) is 32.1 Å². The van der Waals surface area contributed by atoms with Gasteiger partial charge >= 0.3 is 0 Å². The molecule has 1 N–H and O–H groups in total. The monoisotopic (exact) mass is 437 g/mol. The Kier molecular flexibility index (Phi) is 4.97. The molecule has 23 heavy (non-hydrogen) atoms. The van der Waals surface area contributed by atoms with Crippen molar-refractivity contribution in [2.45, 2.75) is 32.1 Å². The molecule has 0 bridgehead atoms. The molecule has 3 rings (SSSR count). The predicted octanol–water partition coefficient (Wildman–Crippen LogP) is 4.83. The van der Waals surface area contributed by atoms with Gasteiger partial charge in [0.15, 0.2) is 5.13 Å². The number of carbonyl (C=O) groups excluding carboxylic acids is 1. The van der Waals surface area contributed by atoms with Gasteiger partial charge in [-0.25, -0.2) is 4.98 Å². The average molecular weight is 437 g/mol. The van der Waals surface area contributed by atoms with Gasteiger partial charge in [-0.2, -0.15) is 5.26 Å². The van der Waals surface area contributed by atoms with E-state index in [0.717, 1.165) is 30.5 Å². The van der Waals surface area contributed by atoms with E-state index in [1.165, 1.54) is 14.9 Å². The third kappa shape index (κ3) is 3.56. The fourth-order valence-corrected chi connectivity index (χ4v) is 3.92. The molecule has 6 heteroatoms. The highest BCUT2D eigenvalue weighted by Crippen LogP contribution is 2.37. The second kappa shape index (κ2) is 6.97. The Morgan fingerprint density at radius 1 is 1.26 bits per heavy atom. The Labute approximate surface area is 153 Å². The zero-order chi connectivity index (χ0) is 16.3. The van der Waals surface area contributed by atoms with Gasteiger partial charge in [-0.15, -0.1) is 11.3 Å². The lowest BCUT2D eigenvalue weighted by Gasteiger charge is -2.28. The van der Waals surface area contributed by atoms with Crippen LogP contribution >= 0.6 is 33.9 Å². The number of nitrogens with one attached hydrogen (secondary N) is 1. The van der Waals surface area contributed by atoms with Gasteiger partial charge in [0.2, 0.25) is 5.91 Å². The van der Waals surface area contributed by atoms with E-state index in [1.807, 2.05) is 29.6 Å². The highest BCUT2D eigenvalue weighted by Gasteiger charge is 2.40. The van der Waals surface area contributed by atoms with Gasteiger partial charge in [0.1, 0.15) is 5.41 Å². The number of anilines is 1. The van der Waals surface area contributed by atoms with Crippen molar-refractivity contribution in [3.8, 4) is 17.3 Å². The number of benzene rings is 1. The van der Waals surface area contributed by atoms with Crippen molar-refractivity contribution in [2.24, 2.45) is 5.41 Å². The van der Waals surface area contributed by atoms with Crippen LogP contribution in [0.25, 0.3) is 11.3 Å². The molecule has 2 aromatic rings. The zero-order valence-corrected chi connectivity index (χ0v) is 15.5. The summed E-state index contributed by atoms with van der Waals surface area (Å²) in [6.07, 6.45) is 4.26. The second-order valence-corrected chi connectivity index (χ2v) is 7.86. The van der Waals surface area contributed by atoms with Crippen LogP contribution in [-0.4, -0.2) is 10.9 Å². The van der Waals surface area contributed by atoms with Crippen molar-refractivity contribution in [2.75, 3.05) is 5.32 Å². The third-order valence-corrected chi connectivity index (χ3v) is 5.70. The van der Waals surface area contributed by atoms with Crippen LogP contribution in [0.3, 0.4) is 0 Å². The van der Waals surface area contributed by atoms with E-state index in [1.54, 1.807) is 0 Å². The molecule has 0 saturated heterocycles. The van der Waals surface area contributed by atoms with Gasteiger partial charge in [-0.3, -0.25) is 4.79 Å². The molecule has 1 heterocycles. The number of nitriles is 1. The van der Waals surface area contributed by atoms with Crippen molar-refractivity contribution in [3.05, 3.63) is 33.2 Å². The number of hydrogen-bond acceptors (Lipinski definition) is 4. The van der Waals surface area contributed by atoms with E-state index in [-0.39, 0.29) is 5.91 Å². The third-order valence-electron chi connectivity index (χ3n) is 4.22. The molecular formula is C17H16IN3OS. The Morgan fingerprint density at radius 3 is 2.61 bits per heavy atom. The Balaban J connectivity index is 1.75. The van der Waals surface area contributed by atoms with E-state index in [4.69, 9.17) is 0 Å². The molecule has 0 radical (unpaired) electrons. The summed E-state index contributed by atoms with van der Waals surface area (Å²) < 4.78 is 1.17. The molecule has 0 unspecified atom stereocenters. The van der Waals surface area contributed by atoms with Crippen molar-refractivity contribution in [1.29, 1.82) is 5.26 Å². The van der Waals surface area contributed by atoms with Gasteiger partial charge in [0.05, 0.1) is 11.8 Å². The van der Waals surface area contributed by atoms with Crippen LogP contribution < -0.4 is 5.32 Å². The number of rotatable bonds is 3. The molecule has 4 nitrogen and oxygen atoms in total. The number of amides is 1. The SMILES string of the molecule is N#CC1(C(=O)Nc2nc(-c3ccc(I)cc3)cs2)CCCCC1. The van der Waals surface area contributed by atoms with E-state index in [0.29, 0.717) is 18.0 Å². The molecule has 1 aliphatic carbocycles. The summed E-state index contributed by atoms with van der Waals surface area (Å²) in [5, 5.41) is 14.8. The molecule has 1 aromatic heterocycles. The average Bonchev–Trinajstić information content (AvgIpc) is 3.04. The van der Waals surface area contributed by atoms with Gasteiger partial charge in [-0.05, 0) is 47.6 Å². The number of carbonyl (C=O) groups is 1. The van der Waals surface area contributed by atoms with Crippen molar-refractivity contribution in [1.82, 2.24) is 4.98 Å². The fraction of sp³-hybridized carbons (Fsp3) is 0.353. The summed E-state index contributed by atoms with van der Waals surface area (Å²) in [7, 11) is 0. The van der Waals surface area contributed by atoms with Gasteiger partial charge in [-0.1, -0.05) is 31.4 Å². The Hall–Kier alpha value is -1.46. The summed E-state index contributed by atoms with van der Waals surface area (Å²) in [6.45, 7) is 0. The maximum atomic E-state index is 12.5. The van der Waals surface area contributed by atoms with Crippen LogP contribution in [0.15, 0.2) is 29.6 Å². The first-order valence-electron chi connectivity index (χ1n) is 7.57. The quantitative estimate of drug-likeness (QED) is 0.700. The van der Waals surface area contributed by atoms with Gasteiger partial charge in [0, 0.05) is 14.5 Å². The minimum absolute atomic E-state index is 0.205. The largest absolute Gasteiger partial charge is 0.301 e. The highest BCUT2D eigenvalue weighted by atomic mass is 127. The molecule has 1 fully saturated rings. The van der Waals surface area contributed by atoms with Crippen LogP contribution in [0, 0.1) is 20.3 Å². The summed E-state index contributed by atoms with van der Waals surface area (Å²) in [5.74, 6) is -0.205. The van der Waals surface area contributed by atoms with Crippen LogP contribution in [0.4, 0.5) is 5.13 Å². The summed E-state index contributed by atoms with van der Waals surface area (Å²) >= 11 is 3.66. The van der Waals surface area contributed by atoms with Crippen LogP contribution in [-0.2, 0) is 4.79 Å². The van der Waals surface area contributed by atoms with E-state index < -0.39 is 5.41 Å². The molecule has 1 aliphatic rings. The predicted molar refractivity (Wildman–Crippen MR) is 100 cm³/mol. The first-order valence-corrected chi connectivity index (χ1v) is 9.53. The lowest BCUT2D eigenvalue weighted by molar-refractivity contribution is -0.124. The van der Waals surface area contributed by atoms with Gasteiger partial charge in [0.25, 0.3) is 0 Å². The molecule has 118 valence electrons. The van der Waals surface area contributed by atoms with Crippen LogP contribution in [0.2, 0.25) is 0 Å².